The molecule has 0 bridgehead atoms. The highest BCUT2D eigenvalue weighted by atomic mass is 16.6. The molecule has 0 aromatic heterocycles. The summed E-state index contributed by atoms with van der Waals surface area (Å²) >= 11 is 0. The van der Waals surface area contributed by atoms with E-state index in [1.807, 2.05) is 30.3 Å². The fourth-order valence-electron chi connectivity index (χ4n) is 2.24. The number of azide groups is 1. The zero-order chi connectivity index (χ0) is 15.2. The molecule has 1 aromatic rings. The third kappa shape index (κ3) is 3.64. The third-order valence-corrected chi connectivity index (χ3v) is 3.26. The zero-order valence-electron chi connectivity index (χ0n) is 11.3. The molecule has 1 saturated heterocycles. The highest BCUT2D eigenvalue weighted by molar-refractivity contribution is 5.85. The first kappa shape index (κ1) is 14.7. The van der Waals surface area contributed by atoms with Crippen LogP contribution in [0.2, 0.25) is 0 Å². The molecule has 1 heterocycles. The average Bonchev–Trinajstić information content (AvgIpc) is 2.90. The maximum absolute atomic E-state index is 12.0. The Morgan fingerprint density at radius 2 is 2.14 bits per heavy atom. The summed E-state index contributed by atoms with van der Waals surface area (Å²) in [5.41, 5.74) is 14.5. The Labute approximate surface area is 121 Å². The van der Waals surface area contributed by atoms with E-state index in [1.165, 1.54) is 4.90 Å². The highest BCUT2D eigenvalue weighted by Gasteiger charge is 2.39. The van der Waals surface area contributed by atoms with E-state index >= 15 is 0 Å². The lowest BCUT2D eigenvalue weighted by molar-refractivity contribution is -0.121. The Hall–Kier alpha value is -2.73. The summed E-state index contributed by atoms with van der Waals surface area (Å²) in [6.45, 7) is 0.235. The molecule has 0 saturated carbocycles. The molecule has 2 amide bonds. The van der Waals surface area contributed by atoms with Gasteiger partial charge < -0.3 is 10.5 Å². The van der Waals surface area contributed by atoms with E-state index in [2.05, 4.69) is 10.0 Å². The number of rotatable bonds is 4. The number of ether oxygens (including phenoxy) is 1. The number of carbonyl (C=O) groups excluding carboxylic acids is 2. The molecular weight excluding hydrogens is 274 g/mol. The van der Waals surface area contributed by atoms with Gasteiger partial charge in [-0.3, -0.25) is 9.69 Å². The molecule has 0 radical (unpaired) electrons. The number of benzene rings is 1. The molecule has 1 aromatic carbocycles. The van der Waals surface area contributed by atoms with Gasteiger partial charge in [0.05, 0.1) is 6.04 Å². The van der Waals surface area contributed by atoms with Gasteiger partial charge in [-0.05, 0) is 17.5 Å². The summed E-state index contributed by atoms with van der Waals surface area (Å²) in [6.07, 6.45) is -0.418. The van der Waals surface area contributed by atoms with Gasteiger partial charge in [0.2, 0.25) is 5.91 Å². The Morgan fingerprint density at radius 1 is 1.43 bits per heavy atom. The van der Waals surface area contributed by atoms with Crippen molar-refractivity contribution in [1.29, 1.82) is 0 Å². The van der Waals surface area contributed by atoms with Crippen molar-refractivity contribution in [2.24, 2.45) is 10.8 Å². The quantitative estimate of drug-likeness (QED) is 0.514. The highest BCUT2D eigenvalue weighted by Crippen LogP contribution is 2.21. The Balaban J connectivity index is 1.99. The summed E-state index contributed by atoms with van der Waals surface area (Å²) in [6, 6.07) is 7.92. The average molecular weight is 289 g/mol. The van der Waals surface area contributed by atoms with E-state index < -0.39 is 24.1 Å². The van der Waals surface area contributed by atoms with Crippen LogP contribution in [-0.4, -0.2) is 35.5 Å². The van der Waals surface area contributed by atoms with Crippen LogP contribution >= 0.6 is 0 Å². The minimum Gasteiger partial charge on any atom is -0.445 e. The largest absolute Gasteiger partial charge is 0.445 e. The molecule has 0 spiro atoms. The lowest BCUT2D eigenvalue weighted by Crippen LogP contribution is -2.43. The van der Waals surface area contributed by atoms with Crippen LogP contribution in [0.5, 0.6) is 0 Å². The SMILES string of the molecule is [N-]=[N+]=N[C@H]1C[C@@H](C(N)=O)N(C(=O)OCc2ccccc2)C1. The molecule has 110 valence electrons. The van der Waals surface area contributed by atoms with Crippen molar-refractivity contribution in [2.45, 2.75) is 25.1 Å². The van der Waals surface area contributed by atoms with Crippen LogP contribution in [0.15, 0.2) is 35.4 Å². The normalized spacial score (nSPS) is 20.7. The summed E-state index contributed by atoms with van der Waals surface area (Å²) < 4.78 is 5.16. The maximum Gasteiger partial charge on any atom is 0.410 e. The fourth-order valence-corrected chi connectivity index (χ4v) is 2.24. The number of nitrogens with two attached hydrogens (primary N) is 1. The van der Waals surface area contributed by atoms with Crippen molar-refractivity contribution in [2.75, 3.05) is 6.54 Å². The second kappa shape index (κ2) is 6.62. The van der Waals surface area contributed by atoms with Crippen LogP contribution in [0.3, 0.4) is 0 Å². The van der Waals surface area contributed by atoms with Gasteiger partial charge >= 0.3 is 6.09 Å². The maximum atomic E-state index is 12.0. The molecule has 8 nitrogen and oxygen atoms in total. The lowest BCUT2D eigenvalue weighted by atomic mass is 10.2. The fraction of sp³-hybridized carbons (Fsp3) is 0.385. The van der Waals surface area contributed by atoms with Crippen molar-refractivity contribution in [3.63, 3.8) is 0 Å². The third-order valence-electron chi connectivity index (χ3n) is 3.26. The van der Waals surface area contributed by atoms with Gasteiger partial charge in [0.15, 0.2) is 0 Å². The summed E-state index contributed by atoms with van der Waals surface area (Å²) in [5.74, 6) is -0.637. The standard InChI is InChI=1S/C13H15N5O3/c14-12(19)11-6-10(16-17-15)7-18(11)13(20)21-8-9-4-2-1-3-5-9/h1-5,10-11H,6-8H2,(H2,14,19)/t10-,11-/m0/s1. The summed E-state index contributed by atoms with van der Waals surface area (Å²) in [7, 11) is 0. The number of carbonyl (C=O) groups is 2. The van der Waals surface area contributed by atoms with Crippen molar-refractivity contribution in [3.8, 4) is 0 Å². The number of hydrogen-bond acceptors (Lipinski definition) is 4. The Kier molecular flexibility index (Phi) is 4.63. The van der Waals surface area contributed by atoms with E-state index in [9.17, 15) is 9.59 Å². The minimum atomic E-state index is -0.802. The number of primary amides is 1. The van der Waals surface area contributed by atoms with E-state index in [0.717, 1.165) is 5.56 Å². The van der Waals surface area contributed by atoms with E-state index in [1.54, 1.807) is 0 Å². The molecule has 2 atom stereocenters. The van der Waals surface area contributed by atoms with E-state index in [0.29, 0.717) is 0 Å². The van der Waals surface area contributed by atoms with Gasteiger partial charge in [-0.1, -0.05) is 35.4 Å². The molecule has 1 aliphatic rings. The molecular formula is C13H15N5O3. The first-order chi connectivity index (χ1) is 10.1. The Morgan fingerprint density at radius 3 is 2.76 bits per heavy atom. The summed E-state index contributed by atoms with van der Waals surface area (Å²) in [4.78, 5) is 27.3. The topological polar surface area (TPSA) is 121 Å². The van der Waals surface area contributed by atoms with Crippen LogP contribution in [0.1, 0.15) is 12.0 Å². The predicted octanol–water partition coefficient (Wildman–Crippen LogP) is 1.56. The second-order valence-corrected chi connectivity index (χ2v) is 4.71. The van der Waals surface area contributed by atoms with Gasteiger partial charge in [-0.2, -0.15) is 0 Å². The molecule has 0 unspecified atom stereocenters. The van der Waals surface area contributed by atoms with Crippen LogP contribution in [0, 0.1) is 0 Å². The van der Waals surface area contributed by atoms with Crippen LogP contribution in [0.4, 0.5) is 4.79 Å². The lowest BCUT2D eigenvalue weighted by Gasteiger charge is -2.21. The van der Waals surface area contributed by atoms with Gasteiger partial charge in [0.1, 0.15) is 12.6 Å². The van der Waals surface area contributed by atoms with Gasteiger partial charge in [-0.15, -0.1) is 0 Å². The molecule has 0 aliphatic carbocycles. The number of amides is 2. The van der Waals surface area contributed by atoms with Crippen molar-refractivity contribution in [3.05, 3.63) is 46.3 Å². The molecule has 1 fully saturated rings. The number of hydrogen-bond donors (Lipinski definition) is 1. The van der Waals surface area contributed by atoms with Crippen molar-refractivity contribution >= 4 is 12.0 Å². The zero-order valence-corrected chi connectivity index (χ0v) is 11.3. The van der Waals surface area contributed by atoms with Gasteiger partial charge in [-0.25, -0.2) is 4.79 Å². The first-order valence-corrected chi connectivity index (χ1v) is 6.42. The number of likely N-dealkylation sites (tertiary alicyclic amines) is 1. The molecule has 21 heavy (non-hydrogen) atoms. The van der Waals surface area contributed by atoms with E-state index in [-0.39, 0.29) is 19.6 Å². The predicted molar refractivity (Wildman–Crippen MR) is 73.9 cm³/mol. The van der Waals surface area contributed by atoms with Gasteiger partial charge in [0, 0.05) is 11.5 Å². The second-order valence-electron chi connectivity index (χ2n) is 4.71. The molecule has 2 rings (SSSR count). The molecule has 1 aliphatic heterocycles. The first-order valence-electron chi connectivity index (χ1n) is 6.42. The van der Waals surface area contributed by atoms with Crippen LogP contribution in [0.25, 0.3) is 10.4 Å². The number of nitrogens with zero attached hydrogens (tertiary/aromatic N) is 4. The monoisotopic (exact) mass is 289 g/mol. The van der Waals surface area contributed by atoms with Gasteiger partial charge in [0.25, 0.3) is 0 Å². The summed E-state index contributed by atoms with van der Waals surface area (Å²) in [5, 5.41) is 3.53. The van der Waals surface area contributed by atoms with Crippen LogP contribution < -0.4 is 5.73 Å². The van der Waals surface area contributed by atoms with Crippen molar-refractivity contribution < 1.29 is 14.3 Å². The minimum absolute atomic E-state index is 0.105. The van der Waals surface area contributed by atoms with E-state index in [4.69, 9.17) is 16.0 Å². The smallest absolute Gasteiger partial charge is 0.410 e. The molecule has 2 N–H and O–H groups in total. The molecule has 8 heteroatoms. The Bertz CT molecular complexity index is 570. The van der Waals surface area contributed by atoms with Crippen LogP contribution in [-0.2, 0) is 16.1 Å². The van der Waals surface area contributed by atoms with Crippen molar-refractivity contribution in [1.82, 2.24) is 4.90 Å².